The summed E-state index contributed by atoms with van der Waals surface area (Å²) in [6.45, 7) is 11.0. The van der Waals surface area contributed by atoms with Gasteiger partial charge in [-0.1, -0.05) is 220 Å². The highest BCUT2D eigenvalue weighted by molar-refractivity contribution is 5.95. The van der Waals surface area contributed by atoms with E-state index in [0.29, 0.717) is 78.0 Å². The molecule has 0 radical (unpaired) electrons. The minimum atomic E-state index is -0.516. The number of hydrogen-bond donors (Lipinski definition) is 6. The topological polar surface area (TPSA) is 332 Å². The molecule has 0 saturated heterocycles. The zero-order valence-electron chi connectivity index (χ0n) is 66.9. The molecule has 6 atom stereocenters. The van der Waals surface area contributed by atoms with E-state index in [4.69, 9.17) is 28.4 Å². The summed E-state index contributed by atoms with van der Waals surface area (Å²) in [4.78, 5) is 134. The van der Waals surface area contributed by atoms with Crippen LogP contribution in [-0.2, 0) is 89.5 Å². The molecule has 0 heterocycles. The lowest BCUT2D eigenvalue weighted by Gasteiger charge is -2.24. The van der Waals surface area contributed by atoms with Gasteiger partial charge < -0.3 is 60.3 Å². The molecule has 24 nitrogen and oxygen atoms in total. The van der Waals surface area contributed by atoms with Gasteiger partial charge in [-0.05, 0) is 137 Å². The van der Waals surface area contributed by atoms with Gasteiger partial charge in [0.05, 0.1) is 69.3 Å². The SMILES string of the molecule is CCCCCCCCCCOC(=O)N[C@H]1CCC1=O.CCCCCCCCCOC(=O)N[C@H]1CCC1=O.CCCCc1ccc(COC(=O)N[C@H]2CCC2=O)cc1.Cc1ccccc1CCCCOC(=O)N[C@H]1CCC1=O.O=C(N[C@H]1CCC1=O)OCCCc1ccccc1.O=C(N[C@H]1CCC1=O)OCCc1ccccc1. The van der Waals surface area contributed by atoms with Crippen LogP contribution in [0.25, 0.3) is 0 Å². The quantitative estimate of drug-likeness (QED) is 0.0178. The third-order valence-electron chi connectivity index (χ3n) is 20.1. The first-order valence-corrected chi connectivity index (χ1v) is 41.3. The number of nitrogens with one attached hydrogen (secondary N) is 6. The van der Waals surface area contributed by atoms with E-state index in [-0.39, 0.29) is 77.6 Å². The number of amides is 6. The van der Waals surface area contributed by atoms with E-state index in [1.54, 1.807) is 0 Å². The van der Waals surface area contributed by atoms with Gasteiger partial charge >= 0.3 is 36.6 Å². The number of benzene rings is 4. The van der Waals surface area contributed by atoms with Crippen LogP contribution in [0.1, 0.15) is 260 Å². The number of carbonyl (C=O) groups is 12. The van der Waals surface area contributed by atoms with E-state index in [2.05, 4.69) is 83.9 Å². The van der Waals surface area contributed by atoms with E-state index in [0.717, 1.165) is 114 Å². The van der Waals surface area contributed by atoms with Crippen LogP contribution in [0.15, 0.2) is 109 Å². The highest BCUT2D eigenvalue weighted by Gasteiger charge is 2.34. The number of rotatable bonds is 40. The maximum atomic E-state index is 11.5. The number of ether oxygens (including phenoxy) is 6. The molecule has 616 valence electrons. The van der Waals surface area contributed by atoms with Gasteiger partial charge in [0.15, 0.2) is 34.7 Å². The molecule has 6 aliphatic rings. The van der Waals surface area contributed by atoms with Crippen LogP contribution in [0.2, 0.25) is 0 Å². The largest absolute Gasteiger partial charge is 0.450 e. The Kier molecular flexibility index (Phi) is 47.1. The number of carbonyl (C=O) groups excluding carboxylic acids is 12. The molecule has 24 heteroatoms. The zero-order valence-corrected chi connectivity index (χ0v) is 66.9. The highest BCUT2D eigenvalue weighted by Crippen LogP contribution is 2.20. The maximum Gasteiger partial charge on any atom is 0.408 e. The smallest absolute Gasteiger partial charge is 0.408 e. The van der Waals surface area contributed by atoms with Gasteiger partial charge in [0.2, 0.25) is 0 Å². The lowest BCUT2D eigenvalue weighted by atomic mass is 9.91. The van der Waals surface area contributed by atoms with E-state index in [1.807, 2.05) is 84.9 Å². The summed E-state index contributed by atoms with van der Waals surface area (Å²) in [5.41, 5.74) is 7.27. The second-order valence-electron chi connectivity index (χ2n) is 29.2. The summed E-state index contributed by atoms with van der Waals surface area (Å²) < 4.78 is 30.2. The number of Topliss-reactive ketones (excluding diaryl/α,β-unsaturated/α-hetero) is 6. The molecule has 6 amide bonds. The predicted molar refractivity (Wildman–Crippen MR) is 429 cm³/mol. The Labute approximate surface area is 663 Å². The fourth-order valence-electron chi connectivity index (χ4n) is 11.9. The van der Waals surface area contributed by atoms with E-state index < -0.39 is 36.6 Å². The monoisotopic (exact) mass is 1550 g/mol. The van der Waals surface area contributed by atoms with Crippen molar-refractivity contribution in [3.63, 3.8) is 0 Å². The summed E-state index contributed by atoms with van der Waals surface area (Å²) in [7, 11) is 0. The first-order valence-electron chi connectivity index (χ1n) is 41.3. The number of alkyl carbamates (subject to hydrolysis) is 6. The number of aryl methyl sites for hydroxylation is 4. The van der Waals surface area contributed by atoms with Crippen LogP contribution >= 0.6 is 0 Å². The van der Waals surface area contributed by atoms with Crippen LogP contribution in [0.5, 0.6) is 0 Å². The maximum absolute atomic E-state index is 11.5. The average molecular weight is 1560 g/mol. The normalized spacial score (nSPS) is 17.9. The third kappa shape index (κ3) is 40.6. The Morgan fingerprint density at radius 2 is 0.554 bits per heavy atom. The fraction of sp³-hybridized carbons (Fsp3) is 0.591. The minimum absolute atomic E-state index is 0.0854. The standard InChI is InChI=1S/2C16H21NO3.C15H27NO3.C14H17NO3.C14H25NO3.C13H15NO3/c1-12-6-2-3-7-13(12)8-4-5-11-20-16(19)17-14-9-10-15(14)18;1-2-3-4-12-5-7-13(8-6-12)11-20-16(19)17-14-9-10-15(14)18;1-2-3-4-5-6-7-8-9-12-19-15(18)16-13-10-11-14(13)17;16-13-9-8-12(13)15-14(17)18-10-4-7-11-5-2-1-3-6-11;1-2-3-4-5-6-7-8-11-18-14(17)15-12-9-10-13(12)16;15-12-7-6-11(12)14-13(16)17-9-8-10-4-2-1-3-5-10/h2-3,6-7,14H,4-5,8-11H2,1H3,(H,17,19);5-8,14H,2-4,9-11H2,1H3,(H,17,19);13H,2-12H2,1H3,(H,16,18);1-3,5-6,12H,4,7-10H2,(H,15,17);12H,2-11H2,1H3,(H,15,17);1-5,11H,6-9H2,(H,14,16)/t2*14-;13-;2*12-;11-/m000000/s1. The van der Waals surface area contributed by atoms with Gasteiger partial charge in [0.1, 0.15) is 6.61 Å². The molecule has 0 aromatic heterocycles. The lowest BCUT2D eigenvalue weighted by Crippen LogP contribution is -2.47. The third-order valence-corrected chi connectivity index (χ3v) is 20.1. The zero-order chi connectivity index (χ0) is 80.8. The Balaban J connectivity index is 0.000000240. The first kappa shape index (κ1) is 93.1. The van der Waals surface area contributed by atoms with Crippen molar-refractivity contribution in [3.8, 4) is 0 Å². The van der Waals surface area contributed by atoms with Gasteiger partial charge in [-0.3, -0.25) is 28.8 Å². The molecule has 10 rings (SSSR count). The Morgan fingerprint density at radius 3 is 0.893 bits per heavy atom. The molecule has 0 spiro atoms. The fourth-order valence-corrected chi connectivity index (χ4v) is 11.9. The van der Waals surface area contributed by atoms with Crippen LogP contribution in [0.3, 0.4) is 0 Å². The molecule has 6 fully saturated rings. The summed E-state index contributed by atoms with van der Waals surface area (Å²) in [5, 5.41) is 15.4. The van der Waals surface area contributed by atoms with Crippen LogP contribution in [-0.4, -0.2) is 141 Å². The average Bonchev–Trinajstić information content (AvgIpc) is 0.888. The predicted octanol–water partition coefficient (Wildman–Crippen LogP) is 16.3. The second kappa shape index (κ2) is 56.7. The van der Waals surface area contributed by atoms with Crippen molar-refractivity contribution in [2.75, 3.05) is 33.0 Å². The van der Waals surface area contributed by atoms with Crippen molar-refractivity contribution in [2.45, 2.75) is 302 Å². The van der Waals surface area contributed by atoms with E-state index >= 15 is 0 Å². The van der Waals surface area contributed by atoms with Crippen LogP contribution in [0.4, 0.5) is 28.8 Å². The highest BCUT2D eigenvalue weighted by atomic mass is 16.6. The van der Waals surface area contributed by atoms with Crippen molar-refractivity contribution < 1.29 is 86.0 Å². The number of ketones is 6. The van der Waals surface area contributed by atoms with Crippen molar-refractivity contribution in [3.05, 3.63) is 143 Å². The molecule has 6 saturated carbocycles. The van der Waals surface area contributed by atoms with Crippen molar-refractivity contribution in [1.82, 2.24) is 31.9 Å². The summed E-state index contributed by atoms with van der Waals surface area (Å²) in [6, 6.07) is 34.4. The molecular formula is C88H126N6O18. The van der Waals surface area contributed by atoms with Gasteiger partial charge in [0.25, 0.3) is 0 Å². The van der Waals surface area contributed by atoms with Crippen LogP contribution in [0, 0.1) is 6.92 Å². The van der Waals surface area contributed by atoms with E-state index in [1.165, 1.54) is 106 Å². The number of unbranched alkanes of at least 4 members (excludes halogenated alkanes) is 15. The Hall–Kier alpha value is -9.48. The van der Waals surface area contributed by atoms with Crippen molar-refractivity contribution in [1.29, 1.82) is 0 Å². The lowest BCUT2D eigenvalue weighted by molar-refractivity contribution is -0.127. The van der Waals surface area contributed by atoms with Crippen molar-refractivity contribution >= 4 is 71.3 Å². The minimum Gasteiger partial charge on any atom is -0.450 e. The molecular weight excluding hydrogens is 1430 g/mol. The molecule has 112 heavy (non-hydrogen) atoms. The molecule has 6 N–H and O–H groups in total. The molecule has 4 aromatic rings. The van der Waals surface area contributed by atoms with E-state index in [9.17, 15) is 57.5 Å². The molecule has 0 aliphatic heterocycles. The molecule has 4 aromatic carbocycles. The van der Waals surface area contributed by atoms with Gasteiger partial charge in [0, 0.05) is 44.9 Å². The Morgan fingerprint density at radius 1 is 0.277 bits per heavy atom. The molecule has 6 aliphatic carbocycles. The van der Waals surface area contributed by atoms with Crippen LogP contribution < -0.4 is 31.9 Å². The second-order valence-corrected chi connectivity index (χ2v) is 29.2. The van der Waals surface area contributed by atoms with Gasteiger partial charge in [-0.15, -0.1) is 0 Å². The number of hydrogen-bond acceptors (Lipinski definition) is 18. The van der Waals surface area contributed by atoms with Gasteiger partial charge in [-0.25, -0.2) is 28.8 Å². The first-order chi connectivity index (χ1) is 54.3. The van der Waals surface area contributed by atoms with Crippen molar-refractivity contribution in [2.24, 2.45) is 0 Å². The molecule has 0 unspecified atom stereocenters. The Bertz CT molecular complexity index is 3460. The summed E-state index contributed by atoms with van der Waals surface area (Å²) >= 11 is 0. The summed E-state index contributed by atoms with van der Waals surface area (Å²) in [5.74, 6) is 0.594. The summed E-state index contributed by atoms with van der Waals surface area (Å²) in [6.07, 6.45) is 31.9. The van der Waals surface area contributed by atoms with Gasteiger partial charge in [-0.2, -0.15) is 0 Å². The molecule has 0 bridgehead atoms.